The lowest BCUT2D eigenvalue weighted by Crippen LogP contribution is -2.54. The maximum absolute atomic E-state index is 12.8. The molecule has 0 bridgehead atoms. The summed E-state index contributed by atoms with van der Waals surface area (Å²) >= 11 is 5.92. The Labute approximate surface area is 164 Å². The minimum atomic E-state index is -0.857. The number of ether oxygens (including phenoxy) is 1. The summed E-state index contributed by atoms with van der Waals surface area (Å²) < 4.78 is 5.15. The van der Waals surface area contributed by atoms with Crippen molar-refractivity contribution < 1.29 is 23.9 Å². The van der Waals surface area contributed by atoms with E-state index in [0.29, 0.717) is 16.3 Å². The van der Waals surface area contributed by atoms with Crippen LogP contribution in [0, 0.1) is 0 Å². The molecule has 8 nitrogen and oxygen atoms in total. The van der Waals surface area contributed by atoms with Gasteiger partial charge in [-0.2, -0.15) is 0 Å². The van der Waals surface area contributed by atoms with Crippen LogP contribution in [-0.2, 0) is 14.4 Å². The van der Waals surface area contributed by atoms with Gasteiger partial charge in [-0.3, -0.25) is 19.7 Å². The van der Waals surface area contributed by atoms with Gasteiger partial charge in [0.1, 0.15) is 11.3 Å². The third kappa shape index (κ3) is 4.18. The molecule has 142 valence electrons. The molecule has 5 amide bonds. The van der Waals surface area contributed by atoms with E-state index >= 15 is 0 Å². The van der Waals surface area contributed by atoms with E-state index in [1.54, 1.807) is 36.4 Å². The number of urea groups is 1. The van der Waals surface area contributed by atoms with E-state index in [4.69, 9.17) is 22.1 Å². The van der Waals surface area contributed by atoms with Gasteiger partial charge in [-0.25, -0.2) is 9.69 Å². The lowest BCUT2D eigenvalue weighted by molar-refractivity contribution is -0.123. The first-order valence-corrected chi connectivity index (χ1v) is 8.41. The number of anilines is 1. The number of nitrogens with zero attached hydrogens (tertiary/aromatic N) is 1. The van der Waals surface area contributed by atoms with Crippen LogP contribution in [0.2, 0.25) is 5.02 Å². The minimum absolute atomic E-state index is 0.217. The van der Waals surface area contributed by atoms with E-state index in [2.05, 4.69) is 5.32 Å². The number of carbonyl (C=O) groups excluding carboxylic acids is 4. The summed E-state index contributed by atoms with van der Waals surface area (Å²) in [6.07, 6.45) is 1.35. The van der Waals surface area contributed by atoms with Crippen LogP contribution in [0.5, 0.6) is 5.75 Å². The first kappa shape index (κ1) is 19.1. The predicted molar refractivity (Wildman–Crippen MR) is 102 cm³/mol. The van der Waals surface area contributed by atoms with Gasteiger partial charge >= 0.3 is 6.03 Å². The SMILES string of the molecule is NC(=O)COc1ccc(/C=C2\C(=O)NC(=O)N(c3cccc(Cl)c3)C2=O)cc1. The molecule has 0 spiro atoms. The number of nitrogens with two attached hydrogens (primary N) is 1. The number of benzene rings is 2. The summed E-state index contributed by atoms with van der Waals surface area (Å²) in [5, 5.41) is 2.47. The normalized spacial score (nSPS) is 15.5. The van der Waals surface area contributed by atoms with Crippen LogP contribution in [-0.4, -0.2) is 30.4 Å². The van der Waals surface area contributed by atoms with Gasteiger partial charge < -0.3 is 10.5 Å². The number of barbiturate groups is 1. The molecule has 0 unspecified atom stereocenters. The molecular formula is C19H14ClN3O5. The summed E-state index contributed by atoms with van der Waals surface area (Å²) in [6.45, 7) is -0.266. The molecule has 9 heteroatoms. The molecule has 1 heterocycles. The Balaban J connectivity index is 1.87. The van der Waals surface area contributed by atoms with Crippen molar-refractivity contribution in [2.45, 2.75) is 0 Å². The Kier molecular flexibility index (Phi) is 5.42. The maximum Gasteiger partial charge on any atom is 0.335 e. The lowest BCUT2D eigenvalue weighted by atomic mass is 10.1. The topological polar surface area (TPSA) is 119 Å². The quantitative estimate of drug-likeness (QED) is 0.587. The van der Waals surface area contributed by atoms with Crippen molar-refractivity contribution in [2.24, 2.45) is 5.73 Å². The van der Waals surface area contributed by atoms with Gasteiger partial charge in [-0.05, 0) is 42.0 Å². The number of rotatable bonds is 5. The van der Waals surface area contributed by atoms with Gasteiger partial charge in [0.15, 0.2) is 6.61 Å². The average molecular weight is 400 g/mol. The highest BCUT2D eigenvalue weighted by molar-refractivity contribution is 6.39. The molecule has 3 rings (SSSR count). The summed E-state index contributed by atoms with van der Waals surface area (Å²) in [4.78, 5) is 48.6. The van der Waals surface area contributed by atoms with Crippen molar-refractivity contribution in [3.05, 3.63) is 64.7 Å². The number of halogens is 1. The number of amides is 5. The standard InChI is InChI=1S/C19H14ClN3O5/c20-12-2-1-3-13(9-12)23-18(26)15(17(25)22-19(23)27)8-11-4-6-14(7-5-11)28-10-16(21)24/h1-9H,10H2,(H2,21,24)(H,22,25,27)/b15-8+. The number of hydrogen-bond acceptors (Lipinski definition) is 5. The van der Waals surface area contributed by atoms with Crippen molar-refractivity contribution in [3.63, 3.8) is 0 Å². The van der Waals surface area contributed by atoms with E-state index in [9.17, 15) is 19.2 Å². The Bertz CT molecular complexity index is 1000. The van der Waals surface area contributed by atoms with Gasteiger partial charge in [0.25, 0.3) is 17.7 Å². The second-order valence-corrected chi connectivity index (χ2v) is 6.20. The zero-order valence-corrected chi connectivity index (χ0v) is 15.1. The molecule has 0 aliphatic carbocycles. The molecule has 2 aromatic rings. The van der Waals surface area contributed by atoms with E-state index < -0.39 is 23.8 Å². The highest BCUT2D eigenvalue weighted by Crippen LogP contribution is 2.24. The third-order valence-corrected chi connectivity index (χ3v) is 3.98. The van der Waals surface area contributed by atoms with Crippen LogP contribution in [0.15, 0.2) is 54.1 Å². The van der Waals surface area contributed by atoms with Gasteiger partial charge in [0.05, 0.1) is 5.69 Å². The minimum Gasteiger partial charge on any atom is -0.484 e. The molecule has 0 aromatic heterocycles. The van der Waals surface area contributed by atoms with Crippen molar-refractivity contribution in [1.29, 1.82) is 0 Å². The van der Waals surface area contributed by atoms with Gasteiger partial charge in [0.2, 0.25) is 0 Å². The Morgan fingerprint density at radius 1 is 1.14 bits per heavy atom. The number of primary amides is 1. The van der Waals surface area contributed by atoms with Gasteiger partial charge in [0, 0.05) is 5.02 Å². The van der Waals surface area contributed by atoms with Crippen LogP contribution >= 0.6 is 11.6 Å². The molecular weight excluding hydrogens is 386 g/mol. The molecule has 1 aliphatic rings. The molecule has 2 aromatic carbocycles. The fraction of sp³-hybridized carbons (Fsp3) is 0.0526. The monoisotopic (exact) mass is 399 g/mol. The smallest absolute Gasteiger partial charge is 0.335 e. The number of nitrogens with one attached hydrogen (secondary N) is 1. The van der Waals surface area contributed by atoms with Crippen LogP contribution in [0.3, 0.4) is 0 Å². The summed E-state index contributed by atoms with van der Waals surface area (Å²) in [5.41, 5.74) is 5.55. The van der Waals surface area contributed by atoms with Crippen molar-refractivity contribution >= 4 is 47.1 Å². The number of carbonyl (C=O) groups is 4. The second-order valence-electron chi connectivity index (χ2n) is 5.76. The summed E-state index contributed by atoms with van der Waals surface area (Å²) in [5.74, 6) is -1.79. The summed E-state index contributed by atoms with van der Waals surface area (Å²) in [6, 6.07) is 11.6. The van der Waals surface area contributed by atoms with E-state index in [-0.39, 0.29) is 17.9 Å². The fourth-order valence-electron chi connectivity index (χ4n) is 2.49. The Morgan fingerprint density at radius 2 is 1.86 bits per heavy atom. The summed E-state index contributed by atoms with van der Waals surface area (Å²) in [7, 11) is 0. The van der Waals surface area contributed by atoms with Crippen LogP contribution in [0.4, 0.5) is 10.5 Å². The average Bonchev–Trinajstić information content (AvgIpc) is 2.64. The second kappa shape index (κ2) is 7.93. The molecule has 0 saturated carbocycles. The molecule has 0 radical (unpaired) electrons. The zero-order valence-electron chi connectivity index (χ0n) is 14.3. The molecule has 1 fully saturated rings. The van der Waals surface area contributed by atoms with E-state index in [1.807, 2.05) is 0 Å². The van der Waals surface area contributed by atoms with Crippen LogP contribution in [0.25, 0.3) is 6.08 Å². The Hall–Kier alpha value is -3.65. The largest absolute Gasteiger partial charge is 0.484 e. The Morgan fingerprint density at radius 3 is 2.50 bits per heavy atom. The van der Waals surface area contributed by atoms with E-state index in [1.165, 1.54) is 18.2 Å². The highest BCUT2D eigenvalue weighted by Gasteiger charge is 2.36. The van der Waals surface area contributed by atoms with Crippen molar-refractivity contribution in [1.82, 2.24) is 5.32 Å². The predicted octanol–water partition coefficient (Wildman–Crippen LogP) is 1.87. The molecule has 28 heavy (non-hydrogen) atoms. The fourth-order valence-corrected chi connectivity index (χ4v) is 2.67. The molecule has 3 N–H and O–H groups in total. The first-order valence-electron chi connectivity index (χ1n) is 8.03. The first-order chi connectivity index (χ1) is 13.3. The van der Waals surface area contributed by atoms with Crippen molar-refractivity contribution in [2.75, 3.05) is 11.5 Å². The molecule has 0 atom stereocenters. The van der Waals surface area contributed by atoms with Crippen molar-refractivity contribution in [3.8, 4) is 5.75 Å². The molecule has 1 aliphatic heterocycles. The molecule has 1 saturated heterocycles. The number of imide groups is 2. The van der Waals surface area contributed by atoms with Crippen LogP contribution in [0.1, 0.15) is 5.56 Å². The van der Waals surface area contributed by atoms with Gasteiger partial charge in [-0.15, -0.1) is 0 Å². The maximum atomic E-state index is 12.8. The number of hydrogen-bond donors (Lipinski definition) is 2. The van der Waals surface area contributed by atoms with Gasteiger partial charge in [-0.1, -0.05) is 29.8 Å². The van der Waals surface area contributed by atoms with E-state index in [0.717, 1.165) is 4.90 Å². The lowest BCUT2D eigenvalue weighted by Gasteiger charge is -2.26. The van der Waals surface area contributed by atoms with Crippen LogP contribution < -0.4 is 20.7 Å². The zero-order chi connectivity index (χ0) is 20.3. The highest BCUT2D eigenvalue weighted by atomic mass is 35.5. The third-order valence-electron chi connectivity index (χ3n) is 3.74.